The van der Waals surface area contributed by atoms with Crippen molar-refractivity contribution in [2.75, 3.05) is 0 Å². The summed E-state index contributed by atoms with van der Waals surface area (Å²) in [5.41, 5.74) is 1.49. The van der Waals surface area contributed by atoms with E-state index in [9.17, 15) is 0 Å². The second kappa shape index (κ2) is 20.1. The van der Waals surface area contributed by atoms with Gasteiger partial charge in [-0.1, -0.05) is 172 Å². The fourth-order valence-corrected chi connectivity index (χ4v) is 6.75. The molecule has 0 saturated carbocycles. The third kappa shape index (κ3) is 11.2. The third-order valence-electron chi connectivity index (χ3n) is 9.22. The molecule has 0 aromatic heterocycles. The molecule has 0 fully saturated rings. The maximum Gasteiger partial charge on any atom is 0.0220 e. The van der Waals surface area contributed by atoms with Gasteiger partial charge in [0.15, 0.2) is 0 Å². The van der Waals surface area contributed by atoms with E-state index < -0.39 is 0 Å². The summed E-state index contributed by atoms with van der Waals surface area (Å²) in [5, 5.41) is 9.80. The maximum absolute atomic E-state index is 4.22. The molecule has 0 heterocycles. The topological polar surface area (TPSA) is 12.0 Å². The Morgan fingerprint density at radius 2 is 0.925 bits per heavy atom. The predicted molar refractivity (Wildman–Crippen MR) is 180 cm³/mol. The fraction of sp³-hybridized carbons (Fsp3) is 0.641. The van der Waals surface area contributed by atoms with Crippen molar-refractivity contribution in [3.63, 3.8) is 0 Å². The Hall–Kier alpha value is -1.86. The summed E-state index contributed by atoms with van der Waals surface area (Å²) >= 11 is 0. The zero-order chi connectivity index (χ0) is 28.3. The van der Waals surface area contributed by atoms with Crippen LogP contribution < -0.4 is 5.32 Å². The Kier molecular flexibility index (Phi) is 16.4. The monoisotopic (exact) mass is 543 g/mol. The molecule has 222 valence electrons. The van der Waals surface area contributed by atoms with Crippen LogP contribution in [0.3, 0.4) is 0 Å². The zero-order valence-corrected chi connectivity index (χ0v) is 26.5. The molecule has 1 nitrogen and oxygen atoms in total. The summed E-state index contributed by atoms with van der Waals surface area (Å²) in [7, 11) is 0. The SMILES string of the molecule is CCCCCCCCC(CCCCCCC)C(CCCCCCC)NCc1c2ccccc2cc2ccccc12. The second-order valence-electron chi connectivity index (χ2n) is 12.5. The van der Waals surface area contributed by atoms with Gasteiger partial charge in [-0.25, -0.2) is 0 Å². The Morgan fingerprint density at radius 1 is 0.500 bits per heavy atom. The van der Waals surface area contributed by atoms with Crippen LogP contribution in [-0.4, -0.2) is 6.04 Å². The largest absolute Gasteiger partial charge is 0.310 e. The minimum absolute atomic E-state index is 0.626. The molecular weight excluding hydrogens is 482 g/mol. The quantitative estimate of drug-likeness (QED) is 0.0926. The van der Waals surface area contributed by atoms with Crippen LogP contribution in [0, 0.1) is 5.92 Å². The van der Waals surface area contributed by atoms with E-state index in [0.29, 0.717) is 6.04 Å². The van der Waals surface area contributed by atoms with Gasteiger partial charge >= 0.3 is 0 Å². The van der Waals surface area contributed by atoms with Crippen LogP contribution in [0.5, 0.6) is 0 Å². The molecule has 1 heteroatoms. The number of hydrogen-bond acceptors (Lipinski definition) is 1. The predicted octanol–water partition coefficient (Wildman–Crippen LogP) is 12.5. The van der Waals surface area contributed by atoms with E-state index in [1.807, 2.05) is 0 Å². The highest BCUT2D eigenvalue weighted by atomic mass is 14.9. The molecule has 40 heavy (non-hydrogen) atoms. The first-order valence-electron chi connectivity index (χ1n) is 17.4. The molecule has 3 rings (SSSR count). The van der Waals surface area contributed by atoms with Gasteiger partial charge in [0.2, 0.25) is 0 Å². The van der Waals surface area contributed by atoms with E-state index in [0.717, 1.165) is 12.5 Å². The molecule has 3 aromatic carbocycles. The standard InChI is InChI=1S/C39H61N/c1-4-7-10-13-16-18-25-33(24-17-14-11-8-5-2)39(30-19-15-12-9-6-3)40-32-38-36-28-22-20-26-34(36)31-35-27-21-23-29-37(35)38/h20-23,26-29,31,33,39-40H,4-19,24-25,30,32H2,1-3H3. The number of rotatable bonds is 23. The molecule has 0 bridgehead atoms. The van der Waals surface area contributed by atoms with Crippen LogP contribution in [0.1, 0.15) is 148 Å². The Bertz CT molecular complexity index is 999. The summed E-state index contributed by atoms with van der Waals surface area (Å²) in [6.07, 6.45) is 26.4. The van der Waals surface area contributed by atoms with E-state index in [-0.39, 0.29) is 0 Å². The van der Waals surface area contributed by atoms with Crippen molar-refractivity contribution in [2.24, 2.45) is 5.92 Å². The van der Waals surface area contributed by atoms with Crippen molar-refractivity contribution in [1.82, 2.24) is 5.32 Å². The van der Waals surface area contributed by atoms with Crippen molar-refractivity contribution in [2.45, 2.75) is 155 Å². The molecule has 1 N–H and O–H groups in total. The van der Waals surface area contributed by atoms with Crippen LogP contribution in [0.4, 0.5) is 0 Å². The first kappa shape index (κ1) is 32.7. The lowest BCUT2D eigenvalue weighted by Gasteiger charge is -2.29. The van der Waals surface area contributed by atoms with E-state index in [1.54, 1.807) is 0 Å². The highest BCUT2D eigenvalue weighted by Crippen LogP contribution is 2.30. The number of unbranched alkanes of at least 4 members (excludes halogenated alkanes) is 13. The molecule has 0 aliphatic rings. The van der Waals surface area contributed by atoms with E-state index in [4.69, 9.17) is 0 Å². The van der Waals surface area contributed by atoms with Gasteiger partial charge in [0.25, 0.3) is 0 Å². The number of fused-ring (bicyclic) bond motifs is 2. The zero-order valence-electron chi connectivity index (χ0n) is 26.5. The van der Waals surface area contributed by atoms with Crippen LogP contribution in [-0.2, 0) is 6.54 Å². The molecule has 3 aromatic rings. The molecule has 0 radical (unpaired) electrons. The van der Waals surface area contributed by atoms with Gasteiger partial charge in [-0.05, 0) is 58.4 Å². The fourth-order valence-electron chi connectivity index (χ4n) is 6.75. The summed E-state index contributed by atoms with van der Waals surface area (Å²) in [4.78, 5) is 0. The maximum atomic E-state index is 4.22. The van der Waals surface area contributed by atoms with Crippen molar-refractivity contribution in [1.29, 1.82) is 0 Å². The lowest BCUT2D eigenvalue weighted by Crippen LogP contribution is -2.36. The average Bonchev–Trinajstić information content (AvgIpc) is 2.98. The molecule has 0 spiro atoms. The highest BCUT2D eigenvalue weighted by Gasteiger charge is 2.21. The van der Waals surface area contributed by atoms with Crippen molar-refractivity contribution < 1.29 is 0 Å². The van der Waals surface area contributed by atoms with E-state index in [1.165, 1.54) is 149 Å². The Morgan fingerprint density at radius 3 is 1.43 bits per heavy atom. The average molecular weight is 544 g/mol. The van der Waals surface area contributed by atoms with Gasteiger partial charge < -0.3 is 5.32 Å². The summed E-state index contributed by atoms with van der Waals surface area (Å²) < 4.78 is 0. The first-order valence-corrected chi connectivity index (χ1v) is 17.4. The van der Waals surface area contributed by atoms with Crippen molar-refractivity contribution in [3.8, 4) is 0 Å². The minimum atomic E-state index is 0.626. The summed E-state index contributed by atoms with van der Waals surface area (Å²) in [5.74, 6) is 0.806. The molecule has 2 atom stereocenters. The smallest absolute Gasteiger partial charge is 0.0220 e. The summed E-state index contributed by atoms with van der Waals surface area (Å²) in [6.45, 7) is 7.96. The normalized spacial score (nSPS) is 13.3. The molecule has 0 aliphatic heterocycles. The van der Waals surface area contributed by atoms with E-state index >= 15 is 0 Å². The summed E-state index contributed by atoms with van der Waals surface area (Å²) in [6, 6.07) is 21.0. The van der Waals surface area contributed by atoms with Crippen LogP contribution in [0.15, 0.2) is 54.6 Å². The molecular formula is C39H61N. The van der Waals surface area contributed by atoms with Crippen LogP contribution >= 0.6 is 0 Å². The third-order valence-corrected chi connectivity index (χ3v) is 9.22. The molecule has 0 amide bonds. The van der Waals surface area contributed by atoms with Gasteiger partial charge in [0, 0.05) is 12.6 Å². The molecule has 0 aliphatic carbocycles. The van der Waals surface area contributed by atoms with Crippen molar-refractivity contribution >= 4 is 21.5 Å². The number of hydrogen-bond donors (Lipinski definition) is 1. The number of benzene rings is 3. The molecule has 2 unspecified atom stereocenters. The van der Waals surface area contributed by atoms with Crippen LogP contribution in [0.25, 0.3) is 21.5 Å². The minimum Gasteiger partial charge on any atom is -0.310 e. The molecule has 0 saturated heterocycles. The van der Waals surface area contributed by atoms with Gasteiger partial charge in [-0.2, -0.15) is 0 Å². The van der Waals surface area contributed by atoms with Gasteiger partial charge in [0.1, 0.15) is 0 Å². The van der Waals surface area contributed by atoms with Crippen LogP contribution in [0.2, 0.25) is 0 Å². The van der Waals surface area contributed by atoms with Crippen molar-refractivity contribution in [3.05, 3.63) is 60.2 Å². The number of nitrogens with one attached hydrogen (secondary N) is 1. The van der Waals surface area contributed by atoms with E-state index in [2.05, 4.69) is 80.7 Å². The first-order chi connectivity index (χ1) is 19.8. The van der Waals surface area contributed by atoms with Gasteiger partial charge in [0.05, 0.1) is 0 Å². The lowest BCUT2D eigenvalue weighted by atomic mass is 9.85. The van der Waals surface area contributed by atoms with Gasteiger partial charge in [-0.3, -0.25) is 0 Å². The lowest BCUT2D eigenvalue weighted by molar-refractivity contribution is 0.277. The second-order valence-corrected chi connectivity index (χ2v) is 12.5. The Labute approximate surface area is 247 Å². The van der Waals surface area contributed by atoms with Gasteiger partial charge in [-0.15, -0.1) is 0 Å². The highest BCUT2D eigenvalue weighted by molar-refractivity contribution is 6.02. The Balaban J connectivity index is 1.76.